The van der Waals surface area contributed by atoms with Gasteiger partial charge in [-0.3, -0.25) is 0 Å². The van der Waals surface area contributed by atoms with E-state index in [1.54, 1.807) is 0 Å². The van der Waals surface area contributed by atoms with E-state index in [-0.39, 0.29) is 0 Å². The third kappa shape index (κ3) is 4.26. The van der Waals surface area contributed by atoms with E-state index in [1.165, 1.54) is 38.9 Å². The molecule has 0 saturated carbocycles. The van der Waals surface area contributed by atoms with Crippen LogP contribution in [0, 0.1) is 16.7 Å². The highest BCUT2D eigenvalue weighted by Gasteiger charge is 2.30. The Hall–Kier alpha value is -0.0800. The summed E-state index contributed by atoms with van der Waals surface area (Å²) in [4.78, 5) is 0. The molecule has 1 fully saturated rings. The van der Waals surface area contributed by atoms with Crippen LogP contribution in [-0.4, -0.2) is 26.2 Å². The largest absolute Gasteiger partial charge is 0.317 e. The van der Waals surface area contributed by atoms with Gasteiger partial charge in [0.25, 0.3) is 0 Å². The number of piperidine rings is 1. The quantitative estimate of drug-likeness (QED) is 0.746. The van der Waals surface area contributed by atoms with Crippen molar-refractivity contribution < 1.29 is 0 Å². The maximum Gasteiger partial charge on any atom is 0.000889 e. The molecule has 0 radical (unpaired) electrons. The van der Waals surface area contributed by atoms with Crippen LogP contribution in [0.25, 0.3) is 0 Å². The van der Waals surface area contributed by atoms with Gasteiger partial charge in [-0.2, -0.15) is 0 Å². The van der Waals surface area contributed by atoms with E-state index in [9.17, 15) is 0 Å². The molecule has 1 heterocycles. The topological polar surface area (TPSA) is 24.1 Å². The highest BCUT2D eigenvalue weighted by atomic mass is 14.9. The minimum Gasteiger partial charge on any atom is -0.317 e. The summed E-state index contributed by atoms with van der Waals surface area (Å²) in [5.41, 5.74) is 0.958. The summed E-state index contributed by atoms with van der Waals surface area (Å²) < 4.78 is 0. The van der Waals surface area contributed by atoms with Gasteiger partial charge >= 0.3 is 0 Å². The summed E-state index contributed by atoms with van der Waals surface area (Å²) in [6, 6.07) is 0. The van der Waals surface area contributed by atoms with E-state index in [0.717, 1.165) is 12.5 Å². The lowest BCUT2D eigenvalue weighted by atomic mass is 9.76. The van der Waals surface area contributed by atoms with Crippen molar-refractivity contribution in [1.82, 2.24) is 10.6 Å². The lowest BCUT2D eigenvalue weighted by molar-refractivity contribution is 0.165. The Bertz CT molecular complexity index is 215. The van der Waals surface area contributed by atoms with Gasteiger partial charge in [0.05, 0.1) is 0 Å². The molecule has 0 atom stereocenters. The molecule has 1 saturated heterocycles. The Labute approximate surface area is 108 Å². The molecule has 1 aliphatic heterocycles. The van der Waals surface area contributed by atoms with Crippen LogP contribution < -0.4 is 10.6 Å². The first-order valence-corrected chi connectivity index (χ1v) is 7.33. The Morgan fingerprint density at radius 3 is 2.29 bits per heavy atom. The molecule has 0 aliphatic carbocycles. The van der Waals surface area contributed by atoms with Gasteiger partial charge < -0.3 is 10.6 Å². The Balaban J connectivity index is 2.38. The molecule has 2 heteroatoms. The summed E-state index contributed by atoms with van der Waals surface area (Å²) in [6.45, 7) is 16.5. The van der Waals surface area contributed by atoms with E-state index in [4.69, 9.17) is 0 Å². The van der Waals surface area contributed by atoms with Crippen molar-refractivity contribution in [3.05, 3.63) is 0 Å². The van der Waals surface area contributed by atoms with Crippen LogP contribution >= 0.6 is 0 Å². The van der Waals surface area contributed by atoms with Crippen molar-refractivity contribution in [1.29, 1.82) is 0 Å². The van der Waals surface area contributed by atoms with Crippen LogP contribution in [0.5, 0.6) is 0 Å². The SMILES string of the molecule is CCC1(CNCC(C)(C)C(C)C)CCNCC1. The molecule has 1 rings (SSSR count). The molecule has 0 aromatic carbocycles. The zero-order valence-corrected chi connectivity index (χ0v) is 12.5. The van der Waals surface area contributed by atoms with Gasteiger partial charge in [0.2, 0.25) is 0 Å². The fourth-order valence-corrected chi connectivity index (χ4v) is 2.47. The van der Waals surface area contributed by atoms with Gasteiger partial charge in [-0.25, -0.2) is 0 Å². The molecule has 0 unspecified atom stereocenters. The average molecular weight is 240 g/mol. The van der Waals surface area contributed by atoms with Gasteiger partial charge in [0, 0.05) is 13.1 Å². The normalized spacial score (nSPS) is 20.8. The zero-order valence-electron chi connectivity index (χ0n) is 12.5. The minimum atomic E-state index is 0.405. The molecule has 17 heavy (non-hydrogen) atoms. The summed E-state index contributed by atoms with van der Waals surface area (Å²) in [5, 5.41) is 7.21. The summed E-state index contributed by atoms with van der Waals surface area (Å²) >= 11 is 0. The molecule has 1 aliphatic rings. The fourth-order valence-electron chi connectivity index (χ4n) is 2.47. The van der Waals surface area contributed by atoms with E-state index in [2.05, 4.69) is 45.3 Å². The van der Waals surface area contributed by atoms with Crippen molar-refractivity contribution in [2.75, 3.05) is 26.2 Å². The van der Waals surface area contributed by atoms with Crippen molar-refractivity contribution >= 4 is 0 Å². The van der Waals surface area contributed by atoms with E-state index < -0.39 is 0 Å². The lowest BCUT2D eigenvalue weighted by Crippen LogP contribution is -2.45. The molecule has 0 bridgehead atoms. The van der Waals surface area contributed by atoms with Gasteiger partial charge in [0.1, 0.15) is 0 Å². The van der Waals surface area contributed by atoms with Crippen LogP contribution in [0.15, 0.2) is 0 Å². The number of nitrogens with one attached hydrogen (secondary N) is 2. The van der Waals surface area contributed by atoms with Gasteiger partial charge in [-0.05, 0) is 49.1 Å². The van der Waals surface area contributed by atoms with Crippen LogP contribution in [0.1, 0.15) is 53.9 Å². The Kier molecular flexibility index (Phi) is 5.46. The third-order valence-electron chi connectivity index (χ3n) is 5.06. The monoisotopic (exact) mass is 240 g/mol. The smallest absolute Gasteiger partial charge is 0.000889 e. The highest BCUT2D eigenvalue weighted by molar-refractivity contribution is 4.86. The van der Waals surface area contributed by atoms with Gasteiger partial charge in [-0.15, -0.1) is 0 Å². The minimum absolute atomic E-state index is 0.405. The van der Waals surface area contributed by atoms with Crippen molar-refractivity contribution in [2.45, 2.75) is 53.9 Å². The maximum absolute atomic E-state index is 3.74. The van der Waals surface area contributed by atoms with E-state index >= 15 is 0 Å². The van der Waals surface area contributed by atoms with Crippen molar-refractivity contribution in [3.63, 3.8) is 0 Å². The predicted molar refractivity (Wildman–Crippen MR) is 76.3 cm³/mol. The highest BCUT2D eigenvalue weighted by Crippen LogP contribution is 2.32. The zero-order chi connectivity index (χ0) is 12.9. The first kappa shape index (κ1) is 15.0. The molecule has 102 valence electrons. The van der Waals surface area contributed by atoms with Crippen molar-refractivity contribution in [3.8, 4) is 0 Å². The molecule has 2 nitrogen and oxygen atoms in total. The summed E-state index contributed by atoms with van der Waals surface area (Å²) in [6.07, 6.45) is 3.97. The second kappa shape index (κ2) is 6.19. The summed E-state index contributed by atoms with van der Waals surface area (Å²) in [7, 11) is 0. The fraction of sp³-hybridized carbons (Fsp3) is 1.00. The van der Waals surface area contributed by atoms with Crippen LogP contribution in [-0.2, 0) is 0 Å². The second-order valence-corrected chi connectivity index (χ2v) is 6.85. The first-order chi connectivity index (χ1) is 7.92. The molecule has 0 spiro atoms. The number of hydrogen-bond donors (Lipinski definition) is 2. The average Bonchev–Trinajstić information content (AvgIpc) is 2.30. The Morgan fingerprint density at radius 1 is 1.24 bits per heavy atom. The molecule has 0 aromatic heterocycles. The van der Waals surface area contributed by atoms with E-state index in [0.29, 0.717) is 10.8 Å². The third-order valence-corrected chi connectivity index (χ3v) is 5.06. The summed E-state index contributed by atoms with van der Waals surface area (Å²) in [5.74, 6) is 0.737. The molecular formula is C15H32N2. The second-order valence-electron chi connectivity index (χ2n) is 6.85. The van der Waals surface area contributed by atoms with Crippen LogP contribution in [0.3, 0.4) is 0 Å². The molecular weight excluding hydrogens is 208 g/mol. The van der Waals surface area contributed by atoms with E-state index in [1.807, 2.05) is 0 Å². The van der Waals surface area contributed by atoms with Crippen molar-refractivity contribution in [2.24, 2.45) is 16.7 Å². The first-order valence-electron chi connectivity index (χ1n) is 7.33. The Morgan fingerprint density at radius 2 is 1.82 bits per heavy atom. The molecule has 0 amide bonds. The molecule has 2 N–H and O–H groups in total. The van der Waals surface area contributed by atoms with Gasteiger partial charge in [-0.1, -0.05) is 34.6 Å². The van der Waals surface area contributed by atoms with Crippen LogP contribution in [0.4, 0.5) is 0 Å². The number of hydrogen-bond acceptors (Lipinski definition) is 2. The number of rotatable bonds is 6. The standard InChI is InChI=1S/C15H32N2/c1-6-15(7-9-16-10-8-15)12-17-11-14(4,5)13(2)3/h13,16-17H,6-12H2,1-5H3. The van der Waals surface area contributed by atoms with Crippen LogP contribution in [0.2, 0.25) is 0 Å². The lowest BCUT2D eigenvalue weighted by Gasteiger charge is -2.39. The predicted octanol–water partition coefficient (Wildman–Crippen LogP) is 3.04. The maximum atomic E-state index is 3.74. The molecule has 0 aromatic rings. The van der Waals surface area contributed by atoms with Gasteiger partial charge in [0.15, 0.2) is 0 Å².